The predicted molar refractivity (Wildman–Crippen MR) is 485 cm³/mol. The van der Waals surface area contributed by atoms with E-state index in [9.17, 15) is 96.2 Å². The van der Waals surface area contributed by atoms with Gasteiger partial charge >= 0.3 is 5.97 Å². The number of primary amides is 2. The van der Waals surface area contributed by atoms with Gasteiger partial charge in [0, 0.05) is 39.0 Å². The monoisotopic (exact) mass is 1870 g/mol. The fraction of sp³-hybridized carbons (Fsp3) is 0.646. The van der Waals surface area contributed by atoms with Gasteiger partial charge in [0.25, 0.3) is 0 Å². The SMILES string of the molecule is CC[C@H](C)[C@@H](C=O)NC(=O)[C@H](CC(N)=O)NC(=O)[C@H](CCCNC(=N)N)NC(=O)[C@H](CCCNC(=N)N)NC(=O)CNC(=O)[C@@H](NC(=O)[C@H](CC(C)C)NC(=O)[C@H](CCC(N)=O)NC(=O)[C@H](CC(=O)O)NC(=O)[C@H](C)NC(=O)[C@H](Cc1ccccc1)NC(=O)[C@H](CC(C)C)NC(=O)[C@H](CCCNC(=N)N)NC(=O)[C@H](CCCNC(=N)N)NC(=O)[C@H](CC(C)C)NC(=O)CN)C(C)C. The van der Waals surface area contributed by atoms with Crippen molar-refractivity contribution in [2.45, 2.75) is 270 Å². The third kappa shape index (κ3) is 48.7. The third-order valence-corrected chi connectivity index (χ3v) is 20.1. The highest BCUT2D eigenvalue weighted by Crippen LogP contribution is 2.16. The maximum atomic E-state index is 14.7. The van der Waals surface area contributed by atoms with Crippen molar-refractivity contribution >= 4 is 137 Å². The average molecular weight is 1870 g/mol. The van der Waals surface area contributed by atoms with Gasteiger partial charge in [-0.3, -0.25) is 108 Å². The van der Waals surface area contributed by atoms with Crippen LogP contribution in [0.4, 0.5) is 0 Å². The van der Waals surface area contributed by atoms with E-state index in [4.69, 9.17) is 61.8 Å². The molecule has 1 aromatic carbocycles. The van der Waals surface area contributed by atoms with E-state index >= 15 is 0 Å². The number of hydrogen-bond acceptors (Lipinski definition) is 24. The molecular formula is C82H142N30O20. The third-order valence-electron chi connectivity index (χ3n) is 20.1. The first-order chi connectivity index (χ1) is 61.9. The molecule has 50 heteroatoms. The molecule has 740 valence electrons. The van der Waals surface area contributed by atoms with Gasteiger partial charge in [-0.25, -0.2) is 0 Å². The minimum atomic E-state index is -2.06. The molecule has 17 amide bonds. The second kappa shape index (κ2) is 61.8. The van der Waals surface area contributed by atoms with Gasteiger partial charge in [0.2, 0.25) is 100 Å². The zero-order valence-electron chi connectivity index (χ0n) is 76.9. The first-order valence-corrected chi connectivity index (χ1v) is 43.7. The van der Waals surface area contributed by atoms with Gasteiger partial charge in [-0.05, 0) is 119 Å². The summed E-state index contributed by atoms with van der Waals surface area (Å²) in [6.07, 6.45) is -2.84. The highest BCUT2D eigenvalue weighted by molar-refractivity contribution is 6.01. The lowest BCUT2D eigenvalue weighted by molar-refractivity contribution is -0.141. The molecule has 0 saturated carbocycles. The molecule has 0 heterocycles. The topological polar surface area (TPSA) is 851 Å². The molecule has 0 bridgehead atoms. The van der Waals surface area contributed by atoms with Gasteiger partial charge in [0.1, 0.15) is 84.8 Å². The number of carboxylic acid groups (broad SMARTS) is 1. The van der Waals surface area contributed by atoms with Crippen LogP contribution in [0.25, 0.3) is 0 Å². The van der Waals surface area contributed by atoms with E-state index in [0.717, 1.165) is 6.92 Å². The molecule has 0 saturated heterocycles. The minimum Gasteiger partial charge on any atom is -0.481 e. The van der Waals surface area contributed by atoms with E-state index in [1.54, 1.807) is 85.7 Å². The molecule has 0 aliphatic carbocycles. The lowest BCUT2D eigenvalue weighted by atomic mass is 9.99. The first kappa shape index (κ1) is 116. The second-order valence-electron chi connectivity index (χ2n) is 33.5. The minimum absolute atomic E-state index is 0.00371. The number of carboxylic acids is 1. The molecule has 132 heavy (non-hydrogen) atoms. The number of hydrogen-bond donors (Lipinski definition) is 31. The maximum Gasteiger partial charge on any atom is 0.305 e. The van der Waals surface area contributed by atoms with Gasteiger partial charge in [0.05, 0.1) is 32.0 Å². The van der Waals surface area contributed by atoms with Crippen LogP contribution in [0, 0.1) is 51.2 Å². The Morgan fingerprint density at radius 3 is 1.05 bits per heavy atom. The summed E-state index contributed by atoms with van der Waals surface area (Å²) < 4.78 is 0. The Kier molecular flexibility index (Phi) is 54.5. The number of carbonyl (C=O) groups excluding carboxylic acids is 18. The molecule has 0 spiro atoms. The first-order valence-electron chi connectivity index (χ1n) is 43.7. The Labute approximate surface area is 767 Å². The normalized spacial score (nSPS) is 14.4. The van der Waals surface area contributed by atoms with Crippen LogP contribution in [0.2, 0.25) is 0 Å². The van der Waals surface area contributed by atoms with Crippen LogP contribution in [0.5, 0.6) is 0 Å². The summed E-state index contributed by atoms with van der Waals surface area (Å²) in [4.78, 5) is 261. The molecule has 0 radical (unpaired) electrons. The predicted octanol–water partition coefficient (Wildman–Crippen LogP) is -8.18. The molecule has 50 nitrogen and oxygen atoms in total. The number of aliphatic carboxylic acids is 1. The Bertz CT molecular complexity index is 4080. The summed E-state index contributed by atoms with van der Waals surface area (Å²) >= 11 is 0. The van der Waals surface area contributed by atoms with Crippen molar-refractivity contribution in [2.24, 2.45) is 69.7 Å². The molecule has 0 aliphatic rings. The fourth-order valence-corrected chi connectivity index (χ4v) is 13.0. The van der Waals surface area contributed by atoms with E-state index in [1.165, 1.54) is 13.8 Å². The van der Waals surface area contributed by atoms with Crippen LogP contribution in [0.3, 0.4) is 0 Å². The molecule has 38 N–H and O–H groups in total. The van der Waals surface area contributed by atoms with Crippen LogP contribution < -0.4 is 141 Å². The molecule has 15 atom stereocenters. The summed E-state index contributed by atoms with van der Waals surface area (Å²) in [6, 6.07) is -13.1. The Morgan fingerprint density at radius 1 is 0.364 bits per heavy atom. The highest BCUT2D eigenvalue weighted by Gasteiger charge is 2.39. The number of guanidine groups is 4. The van der Waals surface area contributed by atoms with E-state index in [1.807, 2.05) is 0 Å². The lowest BCUT2D eigenvalue weighted by Gasteiger charge is -2.29. The smallest absolute Gasteiger partial charge is 0.305 e. The number of amides is 17. The molecular weight excluding hydrogens is 1730 g/mol. The molecule has 0 aromatic heterocycles. The van der Waals surface area contributed by atoms with Crippen molar-refractivity contribution in [3.63, 3.8) is 0 Å². The standard InChI is InChI=1S/C82H142N30O20/c1-12-45(10)59(40-113)111-75(129)57(36-61(85)115)110-70(124)51(25-19-31-97-82(92)93)102-67(121)48(22-16-28-94-79(86)87)100-63(117)39-98-78(132)65(44(8)9)112-77(131)55(34-43(6)7)108-71(125)52(26-27-60(84)114)105-76(130)58(37-64(118)119)106-66(120)46(11)99-72(126)56(35-47-20-14-13-15-21-47)109-74(128)54(33-42(4)5)107-69(123)50(24-18-30-96-81(90)91)103-68(122)49(23-17-29-95-80(88)89)104-73(127)53(32-41(2)3)101-62(116)38-83/h13-15,20-21,40-46,48-59,65H,12,16-19,22-39,83H2,1-11H3,(H2,84,114)(H2,85,115)(H,98,132)(H,99,126)(H,100,117)(H,101,116)(H,102,121)(H,103,122)(H,104,127)(H,105,130)(H,106,120)(H,107,123)(H,108,125)(H,109,128)(H,110,124)(H,111,129)(H,112,131)(H,118,119)(H4,86,87,94)(H4,88,89,95)(H4,90,91,96)(H4,92,93,97)/t45-,46-,48-,49-,50-,51-,52-,53-,54-,55-,56-,57-,58-,59+,65-/m0/s1. The summed E-state index contributed by atoms with van der Waals surface area (Å²) in [5, 5.41) is 88.4. The quantitative estimate of drug-likeness (QED) is 0.0125. The van der Waals surface area contributed by atoms with E-state index in [0.29, 0.717) is 18.3 Å². The van der Waals surface area contributed by atoms with Crippen molar-refractivity contribution in [3.05, 3.63) is 35.9 Å². The van der Waals surface area contributed by atoms with Gasteiger partial charge in [-0.15, -0.1) is 0 Å². The van der Waals surface area contributed by atoms with Gasteiger partial charge in [0.15, 0.2) is 23.8 Å². The molecule has 0 unspecified atom stereocenters. The summed E-state index contributed by atoms with van der Waals surface area (Å²) in [7, 11) is 0. The Balaban J connectivity index is 3.70. The van der Waals surface area contributed by atoms with Gasteiger partial charge in [-0.2, -0.15) is 0 Å². The van der Waals surface area contributed by atoms with E-state index in [-0.39, 0.29) is 127 Å². The van der Waals surface area contributed by atoms with Crippen molar-refractivity contribution in [2.75, 3.05) is 39.3 Å². The Hall–Kier alpha value is -13.6. The van der Waals surface area contributed by atoms with Gasteiger partial charge < -0.3 is 151 Å². The van der Waals surface area contributed by atoms with Crippen molar-refractivity contribution in [1.29, 1.82) is 21.6 Å². The lowest BCUT2D eigenvalue weighted by Crippen LogP contribution is -2.61. The van der Waals surface area contributed by atoms with Crippen LogP contribution in [0.15, 0.2) is 30.3 Å². The van der Waals surface area contributed by atoms with E-state index < -0.39 is 259 Å². The molecule has 0 aliphatic heterocycles. The van der Waals surface area contributed by atoms with Crippen LogP contribution >= 0.6 is 0 Å². The number of rotatable bonds is 65. The van der Waals surface area contributed by atoms with Crippen LogP contribution in [-0.4, -0.2) is 265 Å². The fourth-order valence-electron chi connectivity index (χ4n) is 13.0. The van der Waals surface area contributed by atoms with Crippen LogP contribution in [-0.2, 0) is 97.5 Å². The largest absolute Gasteiger partial charge is 0.481 e. The highest BCUT2D eigenvalue weighted by atomic mass is 16.4. The van der Waals surface area contributed by atoms with Gasteiger partial charge in [-0.1, -0.05) is 106 Å². The zero-order chi connectivity index (χ0) is 100. The molecule has 0 fully saturated rings. The summed E-state index contributed by atoms with van der Waals surface area (Å²) in [5.41, 5.74) is 38.9. The molecule has 1 rings (SSSR count). The number of nitrogens with one attached hydrogen (secondary N) is 23. The number of benzene rings is 1. The second-order valence-corrected chi connectivity index (χ2v) is 33.5. The maximum absolute atomic E-state index is 14.7. The van der Waals surface area contributed by atoms with Crippen LogP contribution in [0.1, 0.15) is 184 Å². The van der Waals surface area contributed by atoms with E-state index in [2.05, 4.69) is 101 Å². The number of carbonyl (C=O) groups is 19. The summed E-state index contributed by atoms with van der Waals surface area (Å²) in [6.45, 7) is 16.8. The average Bonchev–Trinajstić information content (AvgIpc) is 0.853. The summed E-state index contributed by atoms with van der Waals surface area (Å²) in [5.74, 6) is -22.1. The van der Waals surface area contributed by atoms with Crippen molar-refractivity contribution in [1.82, 2.24) is 101 Å². The Morgan fingerprint density at radius 2 is 0.689 bits per heavy atom. The van der Waals surface area contributed by atoms with Crippen molar-refractivity contribution < 1.29 is 96.2 Å². The molecule has 1 aromatic rings. The van der Waals surface area contributed by atoms with Crippen molar-refractivity contribution in [3.8, 4) is 0 Å². The number of aldehydes is 1. The zero-order valence-corrected chi connectivity index (χ0v) is 76.9. The number of nitrogens with two attached hydrogens (primary N) is 7.